The van der Waals surface area contributed by atoms with Crippen molar-refractivity contribution >= 4 is 16.8 Å². The zero-order valence-electron chi connectivity index (χ0n) is 12.0. The number of benzene rings is 1. The number of hydrogen-bond donors (Lipinski definition) is 1. The molecule has 0 aliphatic heterocycles. The van der Waals surface area contributed by atoms with Crippen molar-refractivity contribution in [2.75, 3.05) is 6.54 Å². The summed E-state index contributed by atoms with van der Waals surface area (Å²) in [5.74, 6) is 0.0996. The second-order valence-corrected chi connectivity index (χ2v) is 4.87. The molecule has 1 N–H and O–H groups in total. The molecule has 1 amide bonds. The number of nitrogens with zero attached hydrogens (tertiary/aromatic N) is 1. The van der Waals surface area contributed by atoms with E-state index in [0.29, 0.717) is 25.1 Å². The van der Waals surface area contributed by atoms with E-state index in [-0.39, 0.29) is 11.5 Å². The van der Waals surface area contributed by atoms with Gasteiger partial charge < -0.3 is 9.88 Å². The van der Waals surface area contributed by atoms with Crippen molar-refractivity contribution in [2.45, 2.75) is 33.2 Å². The highest BCUT2D eigenvalue weighted by Crippen LogP contribution is 2.12. The highest BCUT2D eigenvalue weighted by molar-refractivity contribution is 5.79. The van der Waals surface area contributed by atoms with E-state index in [0.717, 1.165) is 17.3 Å². The Kier molecular flexibility index (Phi) is 4.56. The average Bonchev–Trinajstić information content (AvgIpc) is 2.45. The maximum atomic E-state index is 12.1. The number of carbonyl (C=O) groups excluding carboxylic acids is 1. The van der Waals surface area contributed by atoms with Gasteiger partial charge in [0.1, 0.15) is 0 Å². The molecule has 0 saturated carbocycles. The molecule has 1 heterocycles. The third kappa shape index (κ3) is 3.07. The number of nitrogens with one attached hydrogen (secondary N) is 1. The van der Waals surface area contributed by atoms with Crippen molar-refractivity contribution in [2.24, 2.45) is 0 Å². The molecule has 4 nitrogen and oxygen atoms in total. The van der Waals surface area contributed by atoms with Crippen LogP contribution in [-0.2, 0) is 11.3 Å². The minimum atomic E-state index is -0.119. The van der Waals surface area contributed by atoms with Gasteiger partial charge in [-0.05, 0) is 30.9 Å². The summed E-state index contributed by atoms with van der Waals surface area (Å²) in [5, 5.41) is 0.987. The second kappa shape index (κ2) is 6.37. The molecule has 1 aromatic carbocycles. The quantitative estimate of drug-likeness (QED) is 0.909. The summed E-state index contributed by atoms with van der Waals surface area (Å²) in [4.78, 5) is 28.6. The summed E-state index contributed by atoms with van der Waals surface area (Å²) >= 11 is 0. The summed E-state index contributed by atoms with van der Waals surface area (Å²) < 4.78 is 0. The van der Waals surface area contributed by atoms with Crippen molar-refractivity contribution in [3.8, 4) is 0 Å². The van der Waals surface area contributed by atoms with Gasteiger partial charge in [-0.2, -0.15) is 0 Å². The molecule has 0 radical (unpaired) electrons. The lowest BCUT2D eigenvalue weighted by molar-refractivity contribution is -0.131. The summed E-state index contributed by atoms with van der Waals surface area (Å²) in [7, 11) is 0. The Morgan fingerprint density at radius 3 is 2.70 bits per heavy atom. The first-order valence-electron chi connectivity index (χ1n) is 7.04. The van der Waals surface area contributed by atoms with Crippen LogP contribution in [0.5, 0.6) is 0 Å². The average molecular weight is 272 g/mol. The molecule has 0 unspecified atom stereocenters. The number of rotatable bonds is 5. The monoisotopic (exact) mass is 272 g/mol. The maximum absolute atomic E-state index is 12.1. The van der Waals surface area contributed by atoms with E-state index in [1.165, 1.54) is 0 Å². The molecule has 0 aliphatic rings. The van der Waals surface area contributed by atoms with Crippen molar-refractivity contribution in [3.05, 3.63) is 46.2 Å². The Hall–Kier alpha value is -2.10. The molecular formula is C16H20N2O2. The van der Waals surface area contributed by atoms with Gasteiger partial charge in [0.2, 0.25) is 5.91 Å². The van der Waals surface area contributed by atoms with Gasteiger partial charge in [0.15, 0.2) is 0 Å². The number of H-pyrrole nitrogens is 1. The number of aromatic nitrogens is 1. The molecule has 0 spiro atoms. The van der Waals surface area contributed by atoms with Gasteiger partial charge in [0.25, 0.3) is 5.56 Å². The van der Waals surface area contributed by atoms with E-state index in [1.54, 1.807) is 4.90 Å². The Morgan fingerprint density at radius 2 is 2.00 bits per heavy atom. The van der Waals surface area contributed by atoms with Crippen LogP contribution >= 0.6 is 0 Å². The lowest BCUT2D eigenvalue weighted by Crippen LogP contribution is -2.32. The molecular weight excluding hydrogens is 252 g/mol. The van der Waals surface area contributed by atoms with Gasteiger partial charge in [-0.15, -0.1) is 0 Å². The van der Waals surface area contributed by atoms with E-state index in [1.807, 2.05) is 44.2 Å². The SMILES string of the molecule is CCCC(=O)N(CC)Cc1cc2ccccc2[nH]c1=O. The first-order chi connectivity index (χ1) is 9.65. The highest BCUT2D eigenvalue weighted by Gasteiger charge is 2.13. The minimum Gasteiger partial charge on any atom is -0.338 e. The van der Waals surface area contributed by atoms with Gasteiger partial charge in [-0.25, -0.2) is 0 Å². The van der Waals surface area contributed by atoms with Gasteiger partial charge >= 0.3 is 0 Å². The zero-order chi connectivity index (χ0) is 14.5. The Labute approximate surface area is 118 Å². The van der Waals surface area contributed by atoms with Crippen LogP contribution in [0.25, 0.3) is 10.9 Å². The van der Waals surface area contributed by atoms with Crippen LogP contribution in [0.4, 0.5) is 0 Å². The maximum Gasteiger partial charge on any atom is 0.253 e. The van der Waals surface area contributed by atoms with Gasteiger partial charge in [0.05, 0.1) is 6.54 Å². The van der Waals surface area contributed by atoms with E-state index >= 15 is 0 Å². The van der Waals surface area contributed by atoms with Gasteiger partial charge in [-0.3, -0.25) is 9.59 Å². The molecule has 0 aliphatic carbocycles. The lowest BCUT2D eigenvalue weighted by Gasteiger charge is -2.20. The molecule has 4 heteroatoms. The summed E-state index contributed by atoms with van der Waals surface area (Å²) in [6.45, 7) is 4.90. The first kappa shape index (κ1) is 14.3. The molecule has 0 saturated heterocycles. The van der Waals surface area contributed by atoms with E-state index in [9.17, 15) is 9.59 Å². The fourth-order valence-electron chi connectivity index (χ4n) is 2.26. The standard InChI is InChI=1S/C16H20N2O2/c1-3-7-15(19)18(4-2)11-13-10-12-8-5-6-9-14(12)17-16(13)20/h5-6,8-10H,3-4,7,11H2,1-2H3,(H,17,20). The van der Waals surface area contributed by atoms with Gasteiger partial charge in [0, 0.05) is 24.0 Å². The number of hydrogen-bond acceptors (Lipinski definition) is 2. The largest absolute Gasteiger partial charge is 0.338 e. The Balaban J connectivity index is 2.30. The molecule has 106 valence electrons. The number of para-hydroxylation sites is 1. The summed E-state index contributed by atoms with van der Waals surface area (Å²) in [6.07, 6.45) is 1.35. The fourth-order valence-corrected chi connectivity index (χ4v) is 2.26. The topological polar surface area (TPSA) is 53.2 Å². The third-order valence-electron chi connectivity index (χ3n) is 3.39. The van der Waals surface area contributed by atoms with Crippen molar-refractivity contribution in [1.82, 2.24) is 9.88 Å². The Bertz CT molecular complexity index is 661. The van der Waals surface area contributed by atoms with E-state index < -0.39 is 0 Å². The van der Waals surface area contributed by atoms with Crippen LogP contribution in [0.2, 0.25) is 0 Å². The molecule has 0 atom stereocenters. The Morgan fingerprint density at radius 1 is 1.25 bits per heavy atom. The predicted octanol–water partition coefficient (Wildman–Crippen LogP) is 2.68. The summed E-state index contributed by atoms with van der Waals surface area (Å²) in [5.41, 5.74) is 1.34. The van der Waals surface area contributed by atoms with Crippen LogP contribution in [0.3, 0.4) is 0 Å². The smallest absolute Gasteiger partial charge is 0.253 e. The van der Waals surface area contributed by atoms with Crippen LogP contribution < -0.4 is 5.56 Å². The zero-order valence-corrected chi connectivity index (χ0v) is 12.0. The van der Waals surface area contributed by atoms with Crippen LogP contribution in [0.15, 0.2) is 35.1 Å². The number of aromatic amines is 1. The number of amides is 1. The number of fused-ring (bicyclic) bond motifs is 1. The van der Waals surface area contributed by atoms with Crippen molar-refractivity contribution in [3.63, 3.8) is 0 Å². The normalized spacial score (nSPS) is 10.7. The molecule has 0 bridgehead atoms. The third-order valence-corrected chi connectivity index (χ3v) is 3.39. The molecule has 1 aromatic heterocycles. The number of carbonyl (C=O) groups is 1. The summed E-state index contributed by atoms with van der Waals surface area (Å²) in [6, 6.07) is 9.53. The number of pyridine rings is 1. The first-order valence-corrected chi connectivity index (χ1v) is 7.04. The second-order valence-electron chi connectivity index (χ2n) is 4.87. The van der Waals surface area contributed by atoms with Crippen molar-refractivity contribution < 1.29 is 4.79 Å². The van der Waals surface area contributed by atoms with Crippen LogP contribution in [0.1, 0.15) is 32.3 Å². The van der Waals surface area contributed by atoms with Crippen LogP contribution in [0, 0.1) is 0 Å². The highest BCUT2D eigenvalue weighted by atomic mass is 16.2. The predicted molar refractivity (Wildman–Crippen MR) is 80.6 cm³/mol. The van der Waals surface area contributed by atoms with E-state index in [2.05, 4.69) is 4.98 Å². The molecule has 0 fully saturated rings. The lowest BCUT2D eigenvalue weighted by atomic mass is 10.1. The van der Waals surface area contributed by atoms with E-state index in [4.69, 9.17) is 0 Å². The minimum absolute atomic E-state index is 0.0996. The molecule has 20 heavy (non-hydrogen) atoms. The molecule has 2 aromatic rings. The molecule has 2 rings (SSSR count). The van der Waals surface area contributed by atoms with Crippen molar-refractivity contribution in [1.29, 1.82) is 0 Å². The fraction of sp³-hybridized carbons (Fsp3) is 0.375. The van der Waals surface area contributed by atoms with Gasteiger partial charge in [-0.1, -0.05) is 25.1 Å². The van der Waals surface area contributed by atoms with Crippen LogP contribution in [-0.4, -0.2) is 22.3 Å².